The van der Waals surface area contributed by atoms with Crippen molar-refractivity contribution in [1.29, 1.82) is 0 Å². The van der Waals surface area contributed by atoms with Crippen molar-refractivity contribution in [3.63, 3.8) is 0 Å². The Bertz CT molecular complexity index is 920. The summed E-state index contributed by atoms with van der Waals surface area (Å²) in [6.07, 6.45) is 3.18. The maximum Gasteiger partial charge on any atom is 0.258 e. The Morgan fingerprint density at radius 3 is 2.88 bits per heavy atom. The van der Waals surface area contributed by atoms with Crippen LogP contribution in [0.15, 0.2) is 54.9 Å². The van der Waals surface area contributed by atoms with Gasteiger partial charge in [0.25, 0.3) is 5.91 Å². The van der Waals surface area contributed by atoms with E-state index in [0.717, 1.165) is 16.9 Å². The van der Waals surface area contributed by atoms with Gasteiger partial charge in [-0.15, -0.1) is 0 Å². The maximum absolute atomic E-state index is 12.4. The van der Waals surface area contributed by atoms with Crippen LogP contribution in [0.3, 0.4) is 0 Å². The number of halogens is 1. The fourth-order valence-corrected chi connectivity index (χ4v) is 2.88. The number of aromatic nitrogens is 2. The minimum absolute atomic E-state index is 0.216. The molecule has 5 nitrogen and oxygen atoms in total. The highest BCUT2D eigenvalue weighted by Gasteiger charge is 2.14. The van der Waals surface area contributed by atoms with E-state index in [2.05, 4.69) is 10.4 Å². The third kappa shape index (κ3) is 2.79. The molecule has 120 valence electrons. The molecule has 0 saturated heterocycles. The molecule has 6 heteroatoms. The van der Waals surface area contributed by atoms with Gasteiger partial charge in [-0.1, -0.05) is 29.8 Å². The molecule has 0 radical (unpaired) electrons. The number of fused-ring (bicyclic) bond motifs is 1. The van der Waals surface area contributed by atoms with Crippen molar-refractivity contribution >= 4 is 23.2 Å². The van der Waals surface area contributed by atoms with E-state index in [4.69, 9.17) is 16.3 Å². The van der Waals surface area contributed by atoms with Gasteiger partial charge in [0.15, 0.2) is 0 Å². The fourth-order valence-electron chi connectivity index (χ4n) is 2.66. The summed E-state index contributed by atoms with van der Waals surface area (Å²) < 4.78 is 6.98. The van der Waals surface area contributed by atoms with Gasteiger partial charge < -0.3 is 10.1 Å². The summed E-state index contributed by atoms with van der Waals surface area (Å²) in [4.78, 5) is 12.4. The maximum atomic E-state index is 12.4. The van der Waals surface area contributed by atoms with Gasteiger partial charge in [-0.05, 0) is 35.4 Å². The third-order valence-electron chi connectivity index (χ3n) is 3.92. The molecule has 24 heavy (non-hydrogen) atoms. The molecule has 1 aliphatic heterocycles. The van der Waals surface area contributed by atoms with Crippen LogP contribution in [-0.4, -0.2) is 15.7 Å². The van der Waals surface area contributed by atoms with Crippen LogP contribution in [0.2, 0.25) is 5.02 Å². The van der Waals surface area contributed by atoms with Gasteiger partial charge in [-0.25, -0.2) is 4.68 Å². The van der Waals surface area contributed by atoms with Gasteiger partial charge in [0.05, 0.1) is 35.7 Å². The molecular weight excluding hydrogens is 326 g/mol. The number of ether oxygens (including phenoxy) is 1. The van der Waals surface area contributed by atoms with Crippen LogP contribution in [0.1, 0.15) is 21.5 Å². The summed E-state index contributed by atoms with van der Waals surface area (Å²) in [5.41, 5.74) is 4.22. The summed E-state index contributed by atoms with van der Waals surface area (Å²) in [6.45, 7) is 1.22. The zero-order valence-electron chi connectivity index (χ0n) is 12.7. The van der Waals surface area contributed by atoms with Crippen molar-refractivity contribution in [2.45, 2.75) is 13.2 Å². The van der Waals surface area contributed by atoms with E-state index < -0.39 is 0 Å². The number of carbonyl (C=O) groups is 1. The smallest absolute Gasteiger partial charge is 0.258 e. The van der Waals surface area contributed by atoms with Crippen LogP contribution in [0.25, 0.3) is 5.69 Å². The standard InChI is InChI=1S/C18H14ClN3O2/c19-16-3-1-2-4-17(16)22-9-14(8-20-22)18(23)21-15-6-5-12-10-24-11-13(12)7-15/h1-9H,10-11H2,(H,21,23). The van der Waals surface area contributed by atoms with E-state index in [1.54, 1.807) is 16.9 Å². The number of hydrogen-bond acceptors (Lipinski definition) is 3. The van der Waals surface area contributed by atoms with Crippen LogP contribution in [0.4, 0.5) is 5.69 Å². The predicted octanol–water partition coefficient (Wildman–Crippen LogP) is 3.81. The monoisotopic (exact) mass is 339 g/mol. The van der Waals surface area contributed by atoms with Crippen LogP contribution in [0, 0.1) is 0 Å². The van der Waals surface area contributed by atoms with Crippen molar-refractivity contribution < 1.29 is 9.53 Å². The van der Waals surface area contributed by atoms with Crippen LogP contribution in [-0.2, 0) is 18.0 Å². The number of carbonyl (C=O) groups excluding carboxylic acids is 1. The first-order valence-electron chi connectivity index (χ1n) is 7.51. The Kier molecular flexibility index (Phi) is 3.80. The molecule has 4 rings (SSSR count). The molecule has 1 aromatic heterocycles. The molecule has 0 unspecified atom stereocenters. The van der Waals surface area contributed by atoms with E-state index in [-0.39, 0.29) is 5.91 Å². The highest BCUT2D eigenvalue weighted by molar-refractivity contribution is 6.32. The van der Waals surface area contributed by atoms with Crippen molar-refractivity contribution in [3.8, 4) is 5.69 Å². The van der Waals surface area contributed by atoms with Crippen LogP contribution < -0.4 is 5.32 Å². The molecule has 0 saturated carbocycles. The molecule has 0 aliphatic carbocycles. The predicted molar refractivity (Wildman–Crippen MR) is 91.5 cm³/mol. The molecule has 1 N–H and O–H groups in total. The summed E-state index contributed by atoms with van der Waals surface area (Å²) in [5, 5.41) is 7.68. The molecule has 0 spiro atoms. The quantitative estimate of drug-likeness (QED) is 0.789. The number of nitrogens with one attached hydrogen (secondary N) is 1. The first kappa shape index (κ1) is 14.9. The van der Waals surface area contributed by atoms with Gasteiger partial charge in [-0.2, -0.15) is 5.10 Å². The van der Waals surface area contributed by atoms with Crippen molar-refractivity contribution in [2.75, 3.05) is 5.32 Å². The molecule has 0 bridgehead atoms. The minimum atomic E-state index is -0.216. The second kappa shape index (κ2) is 6.11. The van der Waals surface area contributed by atoms with Gasteiger partial charge in [0.1, 0.15) is 0 Å². The Balaban J connectivity index is 1.54. The van der Waals surface area contributed by atoms with Crippen molar-refractivity contribution in [2.24, 2.45) is 0 Å². The lowest BCUT2D eigenvalue weighted by atomic mass is 10.1. The zero-order valence-corrected chi connectivity index (χ0v) is 13.5. The van der Waals surface area contributed by atoms with Crippen LogP contribution in [0.5, 0.6) is 0 Å². The minimum Gasteiger partial charge on any atom is -0.372 e. The van der Waals surface area contributed by atoms with Crippen molar-refractivity contribution in [3.05, 3.63) is 76.6 Å². The molecule has 0 fully saturated rings. The first-order valence-corrected chi connectivity index (χ1v) is 7.89. The number of para-hydroxylation sites is 1. The van der Waals surface area contributed by atoms with Crippen LogP contribution >= 0.6 is 11.6 Å². The second-order valence-electron chi connectivity index (χ2n) is 5.56. The molecule has 1 amide bonds. The molecule has 3 aromatic rings. The summed E-state index contributed by atoms with van der Waals surface area (Å²) in [5.74, 6) is -0.216. The Hall–Kier alpha value is -2.63. The largest absolute Gasteiger partial charge is 0.372 e. The lowest BCUT2D eigenvalue weighted by Gasteiger charge is -2.05. The number of anilines is 1. The first-order chi connectivity index (χ1) is 11.7. The van der Waals surface area contributed by atoms with Gasteiger partial charge >= 0.3 is 0 Å². The summed E-state index contributed by atoms with van der Waals surface area (Å²) >= 11 is 6.16. The fraction of sp³-hybridized carbons (Fsp3) is 0.111. The molecule has 2 heterocycles. The molecular formula is C18H14ClN3O2. The van der Waals surface area contributed by atoms with Gasteiger partial charge in [-0.3, -0.25) is 4.79 Å². The lowest BCUT2D eigenvalue weighted by molar-refractivity contribution is 0.102. The average molecular weight is 340 g/mol. The number of amides is 1. The second-order valence-corrected chi connectivity index (χ2v) is 5.96. The normalized spacial score (nSPS) is 12.9. The highest BCUT2D eigenvalue weighted by atomic mass is 35.5. The molecule has 0 atom stereocenters. The summed E-state index contributed by atoms with van der Waals surface area (Å²) in [7, 11) is 0. The van der Waals surface area contributed by atoms with E-state index in [1.807, 2.05) is 36.4 Å². The number of rotatable bonds is 3. The molecule has 2 aromatic carbocycles. The summed E-state index contributed by atoms with van der Waals surface area (Å²) in [6, 6.07) is 13.1. The topological polar surface area (TPSA) is 56.1 Å². The Labute approximate surface area is 143 Å². The van der Waals surface area contributed by atoms with Crippen molar-refractivity contribution in [1.82, 2.24) is 9.78 Å². The third-order valence-corrected chi connectivity index (χ3v) is 4.24. The Morgan fingerprint density at radius 1 is 1.17 bits per heavy atom. The highest BCUT2D eigenvalue weighted by Crippen LogP contribution is 2.24. The van der Waals surface area contributed by atoms with E-state index in [1.165, 1.54) is 11.8 Å². The average Bonchev–Trinajstić information content (AvgIpc) is 3.24. The van der Waals surface area contributed by atoms with E-state index in [9.17, 15) is 4.79 Å². The number of nitrogens with zero attached hydrogens (tertiary/aromatic N) is 2. The van der Waals surface area contributed by atoms with E-state index >= 15 is 0 Å². The van der Waals surface area contributed by atoms with Gasteiger partial charge in [0, 0.05) is 11.9 Å². The SMILES string of the molecule is O=C(Nc1ccc2c(c1)COC2)c1cnn(-c2ccccc2Cl)c1. The number of hydrogen-bond donors (Lipinski definition) is 1. The zero-order chi connectivity index (χ0) is 16.5. The van der Waals surface area contributed by atoms with Gasteiger partial charge in [0.2, 0.25) is 0 Å². The Morgan fingerprint density at radius 2 is 2.00 bits per heavy atom. The lowest BCUT2D eigenvalue weighted by Crippen LogP contribution is -2.11. The molecule has 1 aliphatic rings. The number of benzene rings is 2. The van der Waals surface area contributed by atoms with E-state index in [0.29, 0.717) is 23.8 Å².